The molecule has 10 heterocycles. The van der Waals surface area contributed by atoms with Gasteiger partial charge in [-0.2, -0.15) is 0 Å². The second kappa shape index (κ2) is 22.0. The molecule has 7 aliphatic heterocycles. The first-order valence-electron chi connectivity index (χ1n) is 27.9. The zero-order chi connectivity index (χ0) is 53.1. The van der Waals surface area contributed by atoms with Crippen LogP contribution in [0.15, 0.2) is 35.8 Å². The third-order valence-corrected chi connectivity index (χ3v) is 18.4. The normalized spacial score (nSPS) is 28.4. The van der Waals surface area contributed by atoms with Gasteiger partial charge in [-0.25, -0.2) is 24.0 Å². The minimum Gasteiger partial charge on any atom is -0.464 e. The van der Waals surface area contributed by atoms with Crippen LogP contribution in [0.4, 0.5) is 19.3 Å². The van der Waals surface area contributed by atoms with Crippen LogP contribution in [0.2, 0.25) is 0 Å². The molecule has 8 bridgehead atoms. The van der Waals surface area contributed by atoms with Crippen LogP contribution in [0.5, 0.6) is 0 Å². The fourth-order valence-corrected chi connectivity index (χ4v) is 13.8. The van der Waals surface area contributed by atoms with Gasteiger partial charge in [0.25, 0.3) is 12.3 Å². The molecule has 8 fully saturated rings. The highest BCUT2D eigenvalue weighted by atomic mass is 32.1. The quantitative estimate of drug-likeness (QED) is 0.135. The smallest absolute Gasteiger partial charge is 0.325 e. The van der Waals surface area contributed by atoms with Crippen molar-refractivity contribution in [3.8, 4) is 22.5 Å². The number of aromatic nitrogens is 3. The lowest BCUT2D eigenvalue weighted by molar-refractivity contribution is -0.172. The molecule has 77 heavy (non-hydrogen) atoms. The average Bonchev–Trinajstić information content (AvgIpc) is 4.22. The summed E-state index contributed by atoms with van der Waals surface area (Å²) in [5, 5.41) is 7.40. The molecule has 18 nitrogen and oxygen atoms in total. The maximum atomic E-state index is 15.1. The Hall–Kier alpha value is -4.87. The Morgan fingerprint density at radius 1 is 0.987 bits per heavy atom. The van der Waals surface area contributed by atoms with Crippen LogP contribution >= 0.6 is 11.3 Å². The fourth-order valence-electron chi connectivity index (χ4n) is 12.9. The molecule has 6 saturated heterocycles. The minimum atomic E-state index is -2.88. The summed E-state index contributed by atoms with van der Waals surface area (Å²) >= 11 is 1.19. The van der Waals surface area contributed by atoms with E-state index in [4.69, 9.17) is 38.4 Å². The molecule has 0 unspecified atom stereocenters. The van der Waals surface area contributed by atoms with Gasteiger partial charge in [-0.15, -0.1) is 11.3 Å². The average molecular weight is 1090 g/mol. The molecule has 1 aromatic carbocycles. The number of esters is 1. The third-order valence-electron chi connectivity index (χ3n) is 17.5. The number of carbonyl (C=O) groups is 3. The summed E-state index contributed by atoms with van der Waals surface area (Å²) in [6, 6.07) is 5.99. The Labute approximate surface area is 452 Å². The molecule has 13 rings (SSSR count). The van der Waals surface area contributed by atoms with Crippen LogP contribution in [0.3, 0.4) is 0 Å². The number of urea groups is 1. The van der Waals surface area contributed by atoms with E-state index in [2.05, 4.69) is 57.2 Å². The second-order valence-corrected chi connectivity index (χ2v) is 24.2. The van der Waals surface area contributed by atoms with Crippen LogP contribution in [-0.2, 0) is 51.0 Å². The van der Waals surface area contributed by atoms with Crippen LogP contribution < -0.4 is 15.6 Å². The highest BCUT2D eigenvalue weighted by molar-refractivity contribution is 7.10. The standard InChI is InChI=1S/C56H73F2N9O9S/c1-32(71-4)47-41(24-38(26-59-47)64-14-12-63(13-15-64)36-6-7-36)50-42-25-56(2,3)31-76-54(69)48-34-21-37(22-34)67(62-48)53(68)49(61-55(70)66-27-35-28-73-19-11-44(35)66)51(75-29-46(57)58)52-60-43(30-77-52)33-5-8-45(40(42)23-33)65(50)16-20-74-39-9-17-72-18-10-39/h5,8,23-24,26,30,32,34-37,39,44,46,48-49,51,62H,6-7,9-22,25,27-29,31H2,1-4H3,(H,61,70)/t32-,34?,35+,37?,44-,48-,49-,51-/m0/s1. The number of halogens is 2. The number of alkyl halides is 2. The van der Waals surface area contributed by atoms with Crippen molar-refractivity contribution in [2.45, 2.75) is 134 Å². The molecule has 416 valence electrons. The lowest BCUT2D eigenvalue weighted by atomic mass is 9.73. The third kappa shape index (κ3) is 10.7. The molecule has 4 aromatic rings. The molecule has 2 N–H and O–H groups in total. The number of methoxy groups -OCH3 is 1. The van der Waals surface area contributed by atoms with Crippen molar-refractivity contribution < 1.29 is 51.6 Å². The van der Waals surface area contributed by atoms with Gasteiger partial charge in [-0.1, -0.05) is 19.9 Å². The lowest BCUT2D eigenvalue weighted by Gasteiger charge is -2.53. The Balaban J connectivity index is 0.989. The number of fused-ring (bicyclic) bond motifs is 5. The molecule has 6 atom stereocenters. The van der Waals surface area contributed by atoms with Crippen LogP contribution in [0, 0.1) is 17.3 Å². The number of amides is 3. The number of hydrogen-bond donors (Lipinski definition) is 2. The maximum Gasteiger partial charge on any atom is 0.325 e. The van der Waals surface area contributed by atoms with Gasteiger partial charge in [0.1, 0.15) is 29.8 Å². The van der Waals surface area contributed by atoms with E-state index in [1.807, 2.05) is 24.6 Å². The Bertz CT molecular complexity index is 2810. The van der Waals surface area contributed by atoms with Crippen molar-refractivity contribution in [3.63, 3.8) is 0 Å². The molecule has 0 spiro atoms. The molecular weight excluding hydrogens is 1010 g/mol. The van der Waals surface area contributed by atoms with Gasteiger partial charge in [0.2, 0.25) is 0 Å². The van der Waals surface area contributed by atoms with Gasteiger partial charge >= 0.3 is 12.0 Å². The number of ether oxygens (including phenoxy) is 6. The number of hydrogen-bond acceptors (Lipinski definition) is 15. The minimum absolute atomic E-state index is 0.0678. The van der Waals surface area contributed by atoms with Gasteiger partial charge < -0.3 is 48.1 Å². The summed E-state index contributed by atoms with van der Waals surface area (Å²) in [7, 11) is 1.71. The largest absolute Gasteiger partial charge is 0.464 e. The van der Waals surface area contributed by atoms with Crippen LogP contribution in [0.1, 0.15) is 94.2 Å². The van der Waals surface area contributed by atoms with E-state index in [9.17, 15) is 18.4 Å². The summed E-state index contributed by atoms with van der Waals surface area (Å²) in [4.78, 5) is 61.0. The number of rotatable bonds is 13. The zero-order valence-electron chi connectivity index (χ0n) is 44.6. The molecule has 3 aromatic heterocycles. The van der Waals surface area contributed by atoms with Crippen LogP contribution in [-0.4, -0.2) is 176 Å². The molecular formula is C56H73F2N9O9S. The number of benzene rings is 1. The van der Waals surface area contributed by atoms with E-state index < -0.39 is 54.5 Å². The molecule has 0 radical (unpaired) electrons. The summed E-state index contributed by atoms with van der Waals surface area (Å²) in [5.74, 6) is -1.03. The first-order chi connectivity index (χ1) is 37.3. The Morgan fingerprint density at radius 3 is 2.53 bits per heavy atom. The van der Waals surface area contributed by atoms with Crippen molar-refractivity contribution in [2.75, 3.05) is 91.0 Å². The van der Waals surface area contributed by atoms with Crippen molar-refractivity contribution in [3.05, 3.63) is 52.1 Å². The van der Waals surface area contributed by atoms with E-state index in [0.29, 0.717) is 83.5 Å². The predicted octanol–water partition coefficient (Wildman–Crippen LogP) is 6.76. The van der Waals surface area contributed by atoms with E-state index in [-0.39, 0.29) is 47.7 Å². The van der Waals surface area contributed by atoms with Gasteiger partial charge in [0.05, 0.1) is 61.0 Å². The molecule has 2 saturated carbocycles. The number of nitrogens with one attached hydrogen (secondary N) is 2. The van der Waals surface area contributed by atoms with Crippen molar-refractivity contribution in [1.82, 2.24) is 40.1 Å². The zero-order valence-corrected chi connectivity index (χ0v) is 45.4. The maximum absolute atomic E-state index is 15.1. The highest BCUT2D eigenvalue weighted by Crippen LogP contribution is 2.45. The first-order valence-corrected chi connectivity index (χ1v) is 28.8. The Kier molecular flexibility index (Phi) is 15.1. The number of hydrazine groups is 1. The summed E-state index contributed by atoms with van der Waals surface area (Å²) in [6.45, 7) is 12.8. The van der Waals surface area contributed by atoms with Gasteiger partial charge in [0, 0.05) is 123 Å². The Morgan fingerprint density at radius 2 is 1.78 bits per heavy atom. The summed E-state index contributed by atoms with van der Waals surface area (Å²) in [5.41, 5.74) is 9.63. The van der Waals surface area contributed by atoms with E-state index in [0.717, 1.165) is 83.7 Å². The van der Waals surface area contributed by atoms with E-state index >= 15 is 4.79 Å². The van der Waals surface area contributed by atoms with Gasteiger partial charge in [-0.05, 0) is 88.0 Å². The summed E-state index contributed by atoms with van der Waals surface area (Å²) in [6.07, 6.45) is 3.79. The van der Waals surface area contributed by atoms with Crippen molar-refractivity contribution in [1.29, 1.82) is 0 Å². The molecule has 3 amide bonds. The van der Waals surface area contributed by atoms with Gasteiger partial charge in [-0.3, -0.25) is 24.5 Å². The molecule has 2 aliphatic carbocycles. The number of thiazole rings is 1. The summed E-state index contributed by atoms with van der Waals surface area (Å²) < 4.78 is 67.4. The lowest BCUT2D eigenvalue weighted by Crippen LogP contribution is -2.72. The monoisotopic (exact) mass is 1090 g/mol. The molecule has 21 heteroatoms. The predicted molar refractivity (Wildman–Crippen MR) is 283 cm³/mol. The molecule has 9 aliphatic rings. The highest BCUT2D eigenvalue weighted by Gasteiger charge is 2.53. The van der Waals surface area contributed by atoms with Crippen molar-refractivity contribution >= 4 is 45.8 Å². The number of carbonyl (C=O) groups excluding carboxylic acids is 3. The topological polar surface area (TPSA) is 174 Å². The van der Waals surface area contributed by atoms with E-state index in [1.54, 1.807) is 12.0 Å². The van der Waals surface area contributed by atoms with Crippen molar-refractivity contribution in [2.24, 2.45) is 17.3 Å². The number of likely N-dealkylation sites (tertiary alicyclic amines) is 1. The first kappa shape index (κ1) is 52.8. The SMILES string of the molecule is CO[C@@H](C)c1ncc(N2CCN(C3CC3)CC2)cc1-c1c2c3cc(ccc3n1CCOC1CCOCC1)-c1csc(n1)[C@@H](OCC(F)F)[C@H](NC(=O)N1C[C@@H]3COCC[C@@H]31)C(=O)N1N[C@H](C(=O)OCC(C)(C)C2)C2CC1C2. The number of anilines is 1. The fraction of sp³-hybridized carbons (Fsp3) is 0.661. The number of pyridine rings is 1. The second-order valence-electron chi connectivity index (χ2n) is 23.3. The number of cyclic esters (lactones) is 1. The van der Waals surface area contributed by atoms with Crippen LogP contribution in [0.25, 0.3) is 33.4 Å². The van der Waals surface area contributed by atoms with Gasteiger partial charge in [0.15, 0.2) is 0 Å². The van der Waals surface area contributed by atoms with E-state index in [1.165, 1.54) is 29.2 Å². The number of nitrogens with zero attached hydrogens (tertiary/aromatic N) is 7. The number of piperazine rings is 1.